The van der Waals surface area contributed by atoms with Crippen molar-refractivity contribution in [1.29, 1.82) is 0 Å². The van der Waals surface area contributed by atoms with E-state index in [1.165, 1.54) is 0 Å². The molecule has 2 aromatic rings. The Bertz CT molecular complexity index is 817. The average Bonchev–Trinajstić information content (AvgIpc) is 2.63. The van der Waals surface area contributed by atoms with Gasteiger partial charge in [0.25, 0.3) is 5.91 Å². The highest BCUT2D eigenvalue weighted by atomic mass is 35.5. The zero-order chi connectivity index (χ0) is 19.2. The third-order valence-corrected chi connectivity index (χ3v) is 5.02. The quantitative estimate of drug-likeness (QED) is 0.828. The Hall–Kier alpha value is -2.37. The summed E-state index contributed by atoms with van der Waals surface area (Å²) in [6.07, 6.45) is 1.67. The van der Waals surface area contributed by atoms with Crippen molar-refractivity contribution in [2.75, 3.05) is 25.0 Å². The highest BCUT2D eigenvalue weighted by molar-refractivity contribution is 6.30. The Kier molecular flexibility index (Phi) is 6.48. The van der Waals surface area contributed by atoms with Crippen molar-refractivity contribution in [3.63, 3.8) is 0 Å². The molecule has 2 N–H and O–H groups in total. The summed E-state index contributed by atoms with van der Waals surface area (Å²) in [5.74, 6) is -0.0788. The number of rotatable bonds is 5. The average molecular weight is 386 g/mol. The third kappa shape index (κ3) is 5.55. The summed E-state index contributed by atoms with van der Waals surface area (Å²) < 4.78 is 0. The van der Waals surface area contributed by atoms with Crippen molar-refractivity contribution in [3.05, 3.63) is 64.7 Å². The monoisotopic (exact) mass is 385 g/mol. The Balaban J connectivity index is 1.44. The van der Waals surface area contributed by atoms with E-state index in [1.807, 2.05) is 37.3 Å². The summed E-state index contributed by atoms with van der Waals surface area (Å²) in [6.45, 7) is 3.84. The van der Waals surface area contributed by atoms with Gasteiger partial charge in [0, 0.05) is 35.4 Å². The molecule has 1 aliphatic heterocycles. The lowest BCUT2D eigenvalue weighted by Gasteiger charge is -2.32. The van der Waals surface area contributed by atoms with E-state index in [1.54, 1.807) is 18.2 Å². The first kappa shape index (κ1) is 19.4. The van der Waals surface area contributed by atoms with Gasteiger partial charge in [-0.1, -0.05) is 35.9 Å². The minimum absolute atomic E-state index is 0.0229. The second-order valence-corrected chi connectivity index (χ2v) is 7.33. The lowest BCUT2D eigenvalue weighted by molar-refractivity contribution is -0.117. The summed E-state index contributed by atoms with van der Waals surface area (Å²) in [6, 6.07) is 14.9. The molecule has 142 valence electrons. The maximum atomic E-state index is 12.4. The minimum Gasteiger partial charge on any atom is -0.349 e. The Morgan fingerprint density at radius 3 is 2.56 bits per heavy atom. The fourth-order valence-electron chi connectivity index (χ4n) is 3.30. The van der Waals surface area contributed by atoms with Crippen molar-refractivity contribution in [2.24, 2.45) is 0 Å². The summed E-state index contributed by atoms with van der Waals surface area (Å²) in [4.78, 5) is 26.7. The molecule has 27 heavy (non-hydrogen) atoms. The number of nitrogens with one attached hydrogen (secondary N) is 2. The number of nitrogens with zero attached hydrogens (tertiary/aromatic N) is 1. The molecule has 3 rings (SSSR count). The maximum Gasteiger partial charge on any atom is 0.251 e. The fourth-order valence-corrected chi connectivity index (χ4v) is 3.49. The first-order valence-electron chi connectivity index (χ1n) is 9.15. The van der Waals surface area contributed by atoms with E-state index in [2.05, 4.69) is 15.5 Å². The van der Waals surface area contributed by atoms with Crippen molar-refractivity contribution < 1.29 is 9.59 Å². The number of hydrogen-bond donors (Lipinski definition) is 2. The molecule has 1 heterocycles. The van der Waals surface area contributed by atoms with Crippen LogP contribution in [0.2, 0.25) is 5.02 Å². The zero-order valence-electron chi connectivity index (χ0n) is 15.4. The Labute approximate surface area is 164 Å². The van der Waals surface area contributed by atoms with E-state index >= 15 is 0 Å². The number of halogens is 1. The number of carbonyl (C=O) groups excluding carboxylic acids is 2. The maximum absolute atomic E-state index is 12.4. The number of likely N-dealkylation sites (tertiary alicyclic amines) is 1. The molecule has 0 atom stereocenters. The van der Waals surface area contributed by atoms with Crippen LogP contribution in [0.3, 0.4) is 0 Å². The number of amides is 2. The van der Waals surface area contributed by atoms with Crippen LogP contribution >= 0.6 is 11.6 Å². The number of carbonyl (C=O) groups is 2. The second kappa shape index (κ2) is 9.02. The van der Waals surface area contributed by atoms with Gasteiger partial charge in [-0.2, -0.15) is 0 Å². The normalized spacial score (nSPS) is 15.3. The molecule has 0 radical (unpaired) electrons. The smallest absolute Gasteiger partial charge is 0.251 e. The number of aryl methyl sites for hydroxylation is 1. The molecule has 0 saturated carbocycles. The van der Waals surface area contributed by atoms with Gasteiger partial charge in [0.05, 0.1) is 6.54 Å². The van der Waals surface area contributed by atoms with E-state index < -0.39 is 0 Å². The van der Waals surface area contributed by atoms with E-state index in [0.29, 0.717) is 17.3 Å². The van der Waals surface area contributed by atoms with Gasteiger partial charge in [0.2, 0.25) is 5.91 Å². The highest BCUT2D eigenvalue weighted by Gasteiger charge is 2.23. The van der Waals surface area contributed by atoms with Crippen LogP contribution in [0.1, 0.15) is 28.8 Å². The third-order valence-electron chi connectivity index (χ3n) is 4.79. The molecular formula is C21H24ClN3O2. The molecule has 5 nitrogen and oxygen atoms in total. The van der Waals surface area contributed by atoms with Crippen molar-refractivity contribution in [1.82, 2.24) is 10.2 Å². The lowest BCUT2D eigenvalue weighted by Crippen LogP contribution is -2.46. The van der Waals surface area contributed by atoms with Crippen LogP contribution in [-0.2, 0) is 4.79 Å². The van der Waals surface area contributed by atoms with Gasteiger partial charge in [-0.05, 0) is 49.6 Å². The van der Waals surface area contributed by atoms with E-state index in [0.717, 1.165) is 37.1 Å². The van der Waals surface area contributed by atoms with Crippen molar-refractivity contribution in [3.8, 4) is 0 Å². The van der Waals surface area contributed by atoms with Gasteiger partial charge in [0.1, 0.15) is 0 Å². The van der Waals surface area contributed by atoms with Crippen molar-refractivity contribution in [2.45, 2.75) is 25.8 Å². The van der Waals surface area contributed by atoms with Gasteiger partial charge in [-0.3, -0.25) is 14.5 Å². The minimum atomic E-state index is -0.0559. The second-order valence-electron chi connectivity index (χ2n) is 6.90. The predicted molar refractivity (Wildman–Crippen MR) is 108 cm³/mol. The number of piperidine rings is 1. The molecule has 1 saturated heterocycles. The van der Waals surface area contributed by atoms with Crippen LogP contribution in [0.25, 0.3) is 0 Å². The van der Waals surface area contributed by atoms with Gasteiger partial charge < -0.3 is 10.6 Å². The van der Waals surface area contributed by atoms with E-state index in [-0.39, 0.29) is 17.9 Å². The standard InChI is InChI=1S/C21H24ClN3O2/c1-15-5-2-3-8-19(15)21(27)24-17-9-11-25(12-10-17)14-20(26)23-18-7-4-6-16(22)13-18/h2-8,13,17H,9-12,14H2,1H3,(H,23,26)(H,24,27). The van der Waals surface area contributed by atoms with Gasteiger partial charge in [-0.25, -0.2) is 0 Å². The van der Waals surface area contributed by atoms with Crippen LogP contribution < -0.4 is 10.6 Å². The molecule has 0 bridgehead atoms. The lowest BCUT2D eigenvalue weighted by atomic mass is 10.0. The first-order valence-corrected chi connectivity index (χ1v) is 9.53. The van der Waals surface area contributed by atoms with Crippen LogP contribution in [0, 0.1) is 6.92 Å². The molecule has 0 spiro atoms. The zero-order valence-corrected chi connectivity index (χ0v) is 16.1. The molecule has 0 unspecified atom stereocenters. The Morgan fingerprint density at radius 1 is 1.11 bits per heavy atom. The van der Waals surface area contributed by atoms with E-state index in [9.17, 15) is 9.59 Å². The molecule has 1 fully saturated rings. The largest absolute Gasteiger partial charge is 0.349 e. The van der Waals surface area contributed by atoms with Crippen LogP contribution in [0.15, 0.2) is 48.5 Å². The number of hydrogen-bond acceptors (Lipinski definition) is 3. The predicted octanol–water partition coefficient (Wildman–Crippen LogP) is 3.48. The van der Waals surface area contributed by atoms with Crippen LogP contribution in [0.5, 0.6) is 0 Å². The molecule has 6 heteroatoms. The Morgan fingerprint density at radius 2 is 1.85 bits per heavy atom. The topological polar surface area (TPSA) is 61.4 Å². The van der Waals surface area contributed by atoms with Gasteiger partial charge in [0.15, 0.2) is 0 Å². The summed E-state index contributed by atoms with van der Waals surface area (Å²) >= 11 is 5.94. The fraction of sp³-hybridized carbons (Fsp3) is 0.333. The van der Waals surface area contributed by atoms with Gasteiger partial charge >= 0.3 is 0 Å². The number of benzene rings is 2. The molecular weight excluding hydrogens is 362 g/mol. The summed E-state index contributed by atoms with van der Waals surface area (Å²) in [5, 5.41) is 6.58. The van der Waals surface area contributed by atoms with Crippen LogP contribution in [-0.4, -0.2) is 42.4 Å². The molecule has 1 aliphatic rings. The van der Waals surface area contributed by atoms with Crippen LogP contribution in [0.4, 0.5) is 5.69 Å². The first-order chi connectivity index (χ1) is 13.0. The molecule has 2 aromatic carbocycles. The molecule has 0 aliphatic carbocycles. The molecule has 2 amide bonds. The highest BCUT2D eigenvalue weighted by Crippen LogP contribution is 2.16. The van der Waals surface area contributed by atoms with E-state index in [4.69, 9.17) is 11.6 Å². The van der Waals surface area contributed by atoms with Gasteiger partial charge in [-0.15, -0.1) is 0 Å². The number of anilines is 1. The summed E-state index contributed by atoms with van der Waals surface area (Å²) in [5.41, 5.74) is 2.40. The molecule has 0 aromatic heterocycles. The summed E-state index contributed by atoms with van der Waals surface area (Å²) in [7, 11) is 0. The SMILES string of the molecule is Cc1ccccc1C(=O)NC1CCN(CC(=O)Nc2cccc(Cl)c2)CC1. The van der Waals surface area contributed by atoms with Crippen molar-refractivity contribution >= 4 is 29.1 Å².